The lowest BCUT2D eigenvalue weighted by Gasteiger charge is -2.34. The quantitative estimate of drug-likeness (QED) is 0.185. The Morgan fingerprint density at radius 2 is 0.900 bits per heavy atom. The maximum absolute atomic E-state index is 5.12. The molecule has 0 atom stereocenters. The van der Waals surface area contributed by atoms with Crippen LogP contribution in [0.2, 0.25) is 0 Å². The second-order valence-electron chi connectivity index (χ2n) is 12.9. The van der Waals surface area contributed by atoms with Crippen LogP contribution in [0.5, 0.6) is 0 Å². The zero-order valence-electron chi connectivity index (χ0n) is 27.1. The number of fused-ring (bicyclic) bond motifs is 6. The van der Waals surface area contributed by atoms with Gasteiger partial charge in [0.25, 0.3) is 0 Å². The molecule has 2 nitrogen and oxygen atoms in total. The van der Waals surface area contributed by atoms with Gasteiger partial charge in [-0.05, 0) is 57.6 Å². The fourth-order valence-corrected chi connectivity index (χ4v) is 9.03. The lowest BCUT2D eigenvalue weighted by atomic mass is 9.67. The monoisotopic (exact) mass is 654 g/mol. The highest BCUT2D eigenvalue weighted by atomic mass is 32.1. The average molecular weight is 655 g/mol. The highest BCUT2D eigenvalue weighted by molar-refractivity contribution is 7.25. The Balaban J connectivity index is 1.19. The summed E-state index contributed by atoms with van der Waals surface area (Å²) in [5.74, 6) is 0.720. The molecule has 7 aromatic carbocycles. The Hall–Kier alpha value is -6.16. The highest BCUT2D eigenvalue weighted by Gasteiger charge is 2.46. The van der Waals surface area contributed by atoms with Gasteiger partial charge in [0.2, 0.25) is 0 Å². The summed E-state index contributed by atoms with van der Waals surface area (Å²) >= 11 is 1.87. The predicted molar refractivity (Wildman–Crippen MR) is 209 cm³/mol. The van der Waals surface area contributed by atoms with E-state index in [1.54, 1.807) is 0 Å². The van der Waals surface area contributed by atoms with E-state index in [-0.39, 0.29) is 0 Å². The fourth-order valence-electron chi connectivity index (χ4n) is 7.94. The molecule has 0 N–H and O–H groups in total. The van der Waals surface area contributed by atoms with E-state index in [0.29, 0.717) is 0 Å². The van der Waals surface area contributed by atoms with Gasteiger partial charge in [-0.15, -0.1) is 11.3 Å². The molecular formula is C47H30N2S. The van der Waals surface area contributed by atoms with E-state index in [9.17, 15) is 0 Å². The van der Waals surface area contributed by atoms with E-state index in [0.717, 1.165) is 33.9 Å². The Kier molecular flexibility index (Phi) is 6.61. The average Bonchev–Trinajstić information content (AvgIpc) is 3.72. The van der Waals surface area contributed by atoms with Gasteiger partial charge in [-0.3, -0.25) is 0 Å². The van der Waals surface area contributed by atoms with Crippen LogP contribution in [0.25, 0.3) is 65.2 Å². The molecule has 2 heterocycles. The summed E-state index contributed by atoms with van der Waals surface area (Å²) in [7, 11) is 0. The van der Waals surface area contributed by atoms with Gasteiger partial charge in [0.05, 0.1) is 16.8 Å². The third-order valence-corrected chi connectivity index (χ3v) is 11.4. The van der Waals surface area contributed by atoms with Gasteiger partial charge in [0, 0.05) is 36.9 Å². The van der Waals surface area contributed by atoms with Gasteiger partial charge >= 0.3 is 0 Å². The SMILES string of the molecule is c1ccc(-c2cc(-c3ccc(C4(c5ccc6sc7ccccc7c6c5)c5ccccc5-c5ccccc54)cc3)nc(-c3ccccc3)n2)cc1. The summed E-state index contributed by atoms with van der Waals surface area (Å²) in [6, 6.07) is 65.6. The number of thiophene rings is 1. The smallest absolute Gasteiger partial charge is 0.160 e. The van der Waals surface area contributed by atoms with Crippen LogP contribution in [-0.2, 0) is 5.41 Å². The van der Waals surface area contributed by atoms with Crippen LogP contribution in [-0.4, -0.2) is 9.97 Å². The third kappa shape index (κ3) is 4.41. The van der Waals surface area contributed by atoms with Crippen LogP contribution in [0, 0.1) is 0 Å². The molecule has 0 amide bonds. The molecule has 9 aromatic rings. The standard InChI is InChI=1S/C47H30N2S/c1-3-13-31(14-4-1)42-30-43(49-46(48-42)33-15-5-2-6-16-33)32-23-25-34(26-24-32)47(40-20-10-7-17-36(40)37-18-8-11-21-41(37)47)35-27-28-45-39(29-35)38-19-9-12-22-44(38)50-45/h1-30H. The number of benzene rings is 7. The molecule has 2 aromatic heterocycles. The summed E-state index contributed by atoms with van der Waals surface area (Å²) in [5.41, 5.74) is 12.2. The van der Waals surface area contributed by atoms with Gasteiger partial charge in [-0.2, -0.15) is 0 Å². The molecule has 10 rings (SSSR count). The molecule has 234 valence electrons. The Labute approximate surface area is 295 Å². The lowest BCUT2D eigenvalue weighted by molar-refractivity contribution is 0.770. The number of rotatable bonds is 5. The molecular weight excluding hydrogens is 625 g/mol. The Morgan fingerprint density at radius 1 is 0.380 bits per heavy atom. The molecule has 3 heteroatoms. The molecule has 50 heavy (non-hydrogen) atoms. The lowest BCUT2D eigenvalue weighted by Crippen LogP contribution is -2.28. The van der Waals surface area contributed by atoms with Crippen LogP contribution in [0.4, 0.5) is 0 Å². The van der Waals surface area contributed by atoms with Crippen molar-refractivity contribution in [2.24, 2.45) is 0 Å². The molecule has 0 fully saturated rings. The van der Waals surface area contributed by atoms with Crippen LogP contribution in [0.15, 0.2) is 182 Å². The largest absolute Gasteiger partial charge is 0.228 e. The highest BCUT2D eigenvalue weighted by Crippen LogP contribution is 2.56. The van der Waals surface area contributed by atoms with Gasteiger partial charge in [-0.25, -0.2) is 9.97 Å². The summed E-state index contributed by atoms with van der Waals surface area (Å²) in [4.78, 5) is 10.1. The van der Waals surface area contributed by atoms with Crippen molar-refractivity contribution in [2.45, 2.75) is 5.41 Å². The van der Waals surface area contributed by atoms with Crippen molar-refractivity contribution >= 4 is 31.5 Å². The number of hydrogen-bond acceptors (Lipinski definition) is 3. The summed E-state index contributed by atoms with van der Waals surface area (Å²) in [6.07, 6.45) is 0. The van der Waals surface area contributed by atoms with Crippen LogP contribution in [0.1, 0.15) is 22.3 Å². The van der Waals surface area contributed by atoms with Crippen LogP contribution >= 0.6 is 11.3 Å². The zero-order valence-corrected chi connectivity index (χ0v) is 27.9. The topological polar surface area (TPSA) is 25.8 Å². The predicted octanol–water partition coefficient (Wildman–Crippen LogP) is 12.2. The summed E-state index contributed by atoms with van der Waals surface area (Å²) in [6.45, 7) is 0. The number of aromatic nitrogens is 2. The Morgan fingerprint density at radius 3 is 1.58 bits per heavy atom. The van der Waals surface area contributed by atoms with Crippen molar-refractivity contribution in [1.29, 1.82) is 0 Å². The van der Waals surface area contributed by atoms with Gasteiger partial charge in [-0.1, -0.05) is 158 Å². The molecule has 0 spiro atoms. The molecule has 1 aliphatic carbocycles. The van der Waals surface area contributed by atoms with Crippen molar-refractivity contribution in [3.8, 4) is 45.0 Å². The van der Waals surface area contributed by atoms with E-state index < -0.39 is 5.41 Å². The molecule has 0 aliphatic heterocycles. The van der Waals surface area contributed by atoms with Crippen molar-refractivity contribution in [3.05, 3.63) is 204 Å². The van der Waals surface area contributed by atoms with E-state index in [4.69, 9.17) is 9.97 Å². The maximum atomic E-state index is 5.12. The van der Waals surface area contributed by atoms with Crippen LogP contribution < -0.4 is 0 Å². The van der Waals surface area contributed by atoms with Gasteiger partial charge in [0.15, 0.2) is 5.82 Å². The molecule has 0 unspecified atom stereocenters. The first-order chi connectivity index (χ1) is 24.8. The first-order valence-electron chi connectivity index (χ1n) is 17.0. The minimum absolute atomic E-state index is 0.487. The van der Waals surface area contributed by atoms with Crippen molar-refractivity contribution in [1.82, 2.24) is 9.97 Å². The molecule has 0 bridgehead atoms. The second-order valence-corrected chi connectivity index (χ2v) is 14.0. The molecule has 1 aliphatic rings. The fraction of sp³-hybridized carbons (Fsp3) is 0.0213. The minimum atomic E-state index is -0.487. The van der Waals surface area contributed by atoms with E-state index in [2.05, 4.69) is 158 Å². The minimum Gasteiger partial charge on any atom is -0.228 e. The molecule has 0 radical (unpaired) electrons. The molecule has 0 saturated heterocycles. The van der Waals surface area contributed by atoms with Crippen molar-refractivity contribution in [2.75, 3.05) is 0 Å². The van der Waals surface area contributed by atoms with Crippen LogP contribution in [0.3, 0.4) is 0 Å². The van der Waals surface area contributed by atoms with E-state index in [1.165, 1.54) is 53.6 Å². The van der Waals surface area contributed by atoms with Crippen molar-refractivity contribution in [3.63, 3.8) is 0 Å². The zero-order chi connectivity index (χ0) is 33.1. The van der Waals surface area contributed by atoms with Crippen molar-refractivity contribution < 1.29 is 0 Å². The summed E-state index contributed by atoms with van der Waals surface area (Å²) in [5, 5.41) is 2.62. The number of nitrogens with zero attached hydrogens (tertiary/aromatic N) is 2. The summed E-state index contributed by atoms with van der Waals surface area (Å²) < 4.78 is 2.63. The first-order valence-corrected chi connectivity index (χ1v) is 17.8. The number of hydrogen-bond donors (Lipinski definition) is 0. The van der Waals surface area contributed by atoms with Gasteiger partial charge in [0.1, 0.15) is 0 Å². The van der Waals surface area contributed by atoms with Gasteiger partial charge < -0.3 is 0 Å². The Bertz CT molecular complexity index is 2590. The molecule has 0 saturated carbocycles. The van der Waals surface area contributed by atoms with E-state index in [1.807, 2.05) is 35.6 Å². The third-order valence-electron chi connectivity index (χ3n) is 10.2. The normalized spacial score (nSPS) is 13.0. The van der Waals surface area contributed by atoms with E-state index >= 15 is 0 Å². The maximum Gasteiger partial charge on any atom is 0.160 e. The second kappa shape index (κ2) is 11.5. The first kappa shape index (κ1) is 28.8.